The zero-order valence-electron chi connectivity index (χ0n) is 35.2. The van der Waals surface area contributed by atoms with Gasteiger partial charge in [-0.1, -0.05) is 76.2 Å². The third kappa shape index (κ3) is 8.86. The number of ether oxygens (including phenoxy) is 2. The van der Waals surface area contributed by atoms with Crippen LogP contribution in [0.5, 0.6) is 0 Å². The molecule has 2 aliphatic heterocycles. The summed E-state index contributed by atoms with van der Waals surface area (Å²) in [7, 11) is 2.52. The molecule has 320 valence electrons. The van der Waals surface area contributed by atoms with Crippen molar-refractivity contribution in [3.05, 3.63) is 100 Å². The standard InChI is InChI=1S/C46H52FN7O7/c1-25(2)40(51-45(58)60-5)43(56)53-19-7-9-37(53)35-23-39(55)32-21-33(47)31(22-34(32)49-35)29-15-11-27(12-16-29)28-13-17-30(18-14-28)36-24-48-42(50-36)38-10-8-20-54(38)44(57)41(26(3)4)52-46(59)61-6/h11-18,21-26,37-38,40-41H,7-10,19-20H2,1-6H3,(H,48,50)(H,49,55)(H,51,58)(H,52,59)/t37-,38-,40-,41-/m0/s1. The van der Waals surface area contributed by atoms with Crippen LogP contribution in [-0.2, 0) is 19.1 Å². The van der Waals surface area contributed by atoms with E-state index in [0.717, 1.165) is 41.6 Å². The van der Waals surface area contributed by atoms with Gasteiger partial charge in [0.2, 0.25) is 11.8 Å². The topological polar surface area (TPSA) is 179 Å². The van der Waals surface area contributed by atoms with Crippen molar-refractivity contribution in [2.24, 2.45) is 11.8 Å². The molecule has 14 nitrogen and oxygen atoms in total. The largest absolute Gasteiger partial charge is 0.453 e. The summed E-state index contributed by atoms with van der Waals surface area (Å²) in [6, 6.07) is 17.6. The van der Waals surface area contributed by atoms with Crippen molar-refractivity contribution in [1.82, 2.24) is 35.4 Å². The summed E-state index contributed by atoms with van der Waals surface area (Å²) in [5.74, 6) is -0.610. The Labute approximate surface area is 353 Å². The highest BCUT2D eigenvalue weighted by Crippen LogP contribution is 2.36. The van der Waals surface area contributed by atoms with Crippen molar-refractivity contribution in [2.45, 2.75) is 77.5 Å². The molecule has 4 heterocycles. The molecular formula is C46H52FN7O7. The van der Waals surface area contributed by atoms with E-state index in [-0.39, 0.29) is 40.5 Å². The highest BCUT2D eigenvalue weighted by Gasteiger charge is 2.38. The average Bonchev–Trinajstić information content (AvgIpc) is 4.06. The molecule has 0 bridgehead atoms. The number of aromatic amines is 2. The van der Waals surface area contributed by atoms with E-state index in [4.69, 9.17) is 9.47 Å². The molecule has 4 N–H and O–H groups in total. The van der Waals surface area contributed by atoms with E-state index in [1.165, 1.54) is 26.4 Å². The number of H-pyrrole nitrogens is 2. The first kappa shape index (κ1) is 42.6. The third-order valence-electron chi connectivity index (χ3n) is 11.8. The Bertz CT molecular complexity index is 2480. The number of carbonyl (C=O) groups is 4. The number of benzene rings is 3. The van der Waals surface area contributed by atoms with Crippen LogP contribution in [0.2, 0.25) is 0 Å². The second kappa shape index (κ2) is 18.0. The number of hydrogen-bond acceptors (Lipinski definition) is 8. The van der Waals surface area contributed by atoms with Crippen LogP contribution in [0.4, 0.5) is 14.0 Å². The maximum absolute atomic E-state index is 15.7. The first-order chi connectivity index (χ1) is 29.3. The maximum atomic E-state index is 15.7. The number of carbonyl (C=O) groups excluding carboxylic acids is 4. The predicted molar refractivity (Wildman–Crippen MR) is 229 cm³/mol. The monoisotopic (exact) mass is 833 g/mol. The molecule has 0 unspecified atom stereocenters. The number of likely N-dealkylation sites (tertiary alicyclic amines) is 2. The van der Waals surface area contributed by atoms with Crippen LogP contribution >= 0.6 is 0 Å². The molecular weight excluding hydrogens is 782 g/mol. The lowest BCUT2D eigenvalue weighted by Crippen LogP contribution is -2.51. The van der Waals surface area contributed by atoms with E-state index >= 15 is 4.39 Å². The Morgan fingerprint density at radius 2 is 1.23 bits per heavy atom. The molecule has 0 saturated carbocycles. The van der Waals surface area contributed by atoms with Crippen LogP contribution in [0.1, 0.15) is 77.0 Å². The number of fused-ring (bicyclic) bond motifs is 1. The van der Waals surface area contributed by atoms with E-state index in [2.05, 4.69) is 25.6 Å². The lowest BCUT2D eigenvalue weighted by molar-refractivity contribution is -0.136. The molecule has 2 saturated heterocycles. The quantitative estimate of drug-likeness (QED) is 0.106. The van der Waals surface area contributed by atoms with Crippen molar-refractivity contribution in [3.63, 3.8) is 0 Å². The van der Waals surface area contributed by atoms with Gasteiger partial charge in [0.15, 0.2) is 5.43 Å². The minimum atomic E-state index is -0.803. The summed E-state index contributed by atoms with van der Waals surface area (Å²) in [6.07, 6.45) is 3.32. The molecule has 2 aromatic heterocycles. The molecule has 3 aromatic carbocycles. The van der Waals surface area contributed by atoms with Gasteiger partial charge in [-0.25, -0.2) is 19.0 Å². The highest BCUT2D eigenvalue weighted by molar-refractivity contribution is 5.88. The number of hydrogen-bond donors (Lipinski definition) is 4. The fourth-order valence-corrected chi connectivity index (χ4v) is 8.45. The van der Waals surface area contributed by atoms with Crippen LogP contribution in [-0.4, -0.2) is 88.1 Å². The number of rotatable bonds is 11. The normalized spacial score (nSPS) is 17.5. The third-order valence-corrected chi connectivity index (χ3v) is 11.8. The van der Waals surface area contributed by atoms with Crippen LogP contribution in [0, 0.1) is 17.7 Å². The minimum Gasteiger partial charge on any atom is -0.453 e. The average molecular weight is 834 g/mol. The van der Waals surface area contributed by atoms with E-state index in [9.17, 15) is 24.0 Å². The van der Waals surface area contributed by atoms with Gasteiger partial charge in [0.25, 0.3) is 0 Å². The number of imidazole rings is 1. The summed E-state index contributed by atoms with van der Waals surface area (Å²) < 4.78 is 25.2. The molecule has 0 radical (unpaired) electrons. The van der Waals surface area contributed by atoms with E-state index < -0.39 is 36.1 Å². The number of nitrogens with one attached hydrogen (secondary N) is 4. The molecule has 4 atom stereocenters. The Balaban J connectivity index is 1.07. The van der Waals surface area contributed by atoms with Crippen molar-refractivity contribution in [3.8, 4) is 33.5 Å². The Morgan fingerprint density at radius 1 is 0.721 bits per heavy atom. The fraction of sp³-hybridized carbons (Fsp3) is 0.391. The van der Waals surface area contributed by atoms with Crippen LogP contribution in [0.25, 0.3) is 44.4 Å². The Hall–Kier alpha value is -6.51. The lowest BCUT2D eigenvalue weighted by atomic mass is 9.98. The molecule has 0 aliphatic carbocycles. The number of aromatic nitrogens is 3. The van der Waals surface area contributed by atoms with E-state index in [1.807, 2.05) is 76.2 Å². The Morgan fingerprint density at radius 3 is 1.77 bits per heavy atom. The molecule has 0 spiro atoms. The lowest BCUT2D eigenvalue weighted by Gasteiger charge is -2.31. The SMILES string of the molecule is COC(=O)N[C@H](C(=O)N1CCC[C@H]1c1cc(=O)c2cc(F)c(-c3ccc(-c4ccc(-c5cnc([C@@H]6CCCN6C(=O)[C@@H](NC(=O)OC)C(C)C)[nH]5)cc4)cc3)cc2[nH]1)C(C)C. The molecule has 2 aliphatic rings. The van der Waals surface area contributed by atoms with Gasteiger partial charge in [0.1, 0.15) is 23.7 Å². The van der Waals surface area contributed by atoms with Gasteiger partial charge in [-0.2, -0.15) is 0 Å². The van der Waals surface area contributed by atoms with Gasteiger partial charge < -0.3 is 39.9 Å². The highest BCUT2D eigenvalue weighted by atomic mass is 19.1. The van der Waals surface area contributed by atoms with Gasteiger partial charge in [0, 0.05) is 35.8 Å². The summed E-state index contributed by atoms with van der Waals surface area (Å²) in [5, 5.41) is 5.53. The zero-order valence-corrected chi connectivity index (χ0v) is 35.2. The summed E-state index contributed by atoms with van der Waals surface area (Å²) in [6.45, 7) is 8.47. The summed E-state index contributed by atoms with van der Waals surface area (Å²) >= 11 is 0. The zero-order chi connectivity index (χ0) is 43.5. The number of alkyl carbamates (subject to hydrolysis) is 2. The second-order valence-corrected chi connectivity index (χ2v) is 16.4. The van der Waals surface area contributed by atoms with Gasteiger partial charge in [-0.3, -0.25) is 14.4 Å². The number of nitrogens with zero attached hydrogens (tertiary/aromatic N) is 3. The van der Waals surface area contributed by atoms with Gasteiger partial charge in [-0.05, 0) is 71.9 Å². The summed E-state index contributed by atoms with van der Waals surface area (Å²) in [4.78, 5) is 79.5. The van der Waals surface area contributed by atoms with Gasteiger partial charge in [-0.15, -0.1) is 0 Å². The molecule has 2 fully saturated rings. The molecule has 5 aromatic rings. The second-order valence-electron chi connectivity index (χ2n) is 16.4. The summed E-state index contributed by atoms with van der Waals surface area (Å²) in [5.41, 5.74) is 5.19. The molecule has 15 heteroatoms. The smallest absolute Gasteiger partial charge is 0.407 e. The van der Waals surface area contributed by atoms with Crippen LogP contribution in [0.3, 0.4) is 0 Å². The molecule has 4 amide bonds. The minimum absolute atomic E-state index is 0.131. The van der Waals surface area contributed by atoms with Gasteiger partial charge >= 0.3 is 12.2 Å². The first-order valence-electron chi connectivity index (χ1n) is 20.7. The van der Waals surface area contributed by atoms with Crippen LogP contribution in [0.15, 0.2) is 77.7 Å². The Kier molecular flexibility index (Phi) is 12.6. The number of methoxy groups -OCH3 is 2. The van der Waals surface area contributed by atoms with Crippen LogP contribution < -0.4 is 16.1 Å². The number of halogens is 1. The van der Waals surface area contributed by atoms with Crippen molar-refractivity contribution >= 4 is 34.9 Å². The molecule has 7 rings (SSSR count). The van der Waals surface area contributed by atoms with Crippen molar-refractivity contribution in [2.75, 3.05) is 27.3 Å². The maximum Gasteiger partial charge on any atom is 0.407 e. The first-order valence-corrected chi connectivity index (χ1v) is 20.7. The fourth-order valence-electron chi connectivity index (χ4n) is 8.45. The van der Waals surface area contributed by atoms with Crippen molar-refractivity contribution in [1.29, 1.82) is 0 Å². The van der Waals surface area contributed by atoms with E-state index in [1.54, 1.807) is 22.1 Å². The van der Waals surface area contributed by atoms with Crippen molar-refractivity contribution < 1.29 is 33.0 Å². The predicted octanol–water partition coefficient (Wildman–Crippen LogP) is 7.48. The molecule has 61 heavy (non-hydrogen) atoms. The van der Waals surface area contributed by atoms with E-state index in [0.29, 0.717) is 47.7 Å². The van der Waals surface area contributed by atoms with Gasteiger partial charge in [0.05, 0.1) is 43.7 Å². The number of amides is 4. The number of pyridine rings is 1.